The highest BCUT2D eigenvalue weighted by Crippen LogP contribution is 2.31. The lowest BCUT2D eigenvalue weighted by atomic mass is 10.1. The first-order valence-electron chi connectivity index (χ1n) is 12.1. The number of carbonyl (C=O) groups is 2. The zero-order valence-corrected chi connectivity index (χ0v) is 22.7. The molecule has 1 aliphatic heterocycles. The van der Waals surface area contributed by atoms with Crippen molar-refractivity contribution in [3.8, 4) is 5.75 Å². The molecule has 2 aromatic carbocycles. The van der Waals surface area contributed by atoms with Crippen LogP contribution in [0.25, 0.3) is 0 Å². The molecule has 0 aromatic heterocycles. The Bertz CT molecular complexity index is 1220. The number of carboxylic acid groups (broad SMARTS) is 1. The fourth-order valence-corrected chi connectivity index (χ4v) is 4.67. The van der Waals surface area contributed by atoms with Crippen LogP contribution in [-0.4, -0.2) is 83.4 Å². The van der Waals surface area contributed by atoms with Gasteiger partial charge in [-0.1, -0.05) is 13.3 Å². The Morgan fingerprint density at radius 1 is 1.13 bits per heavy atom. The Kier molecular flexibility index (Phi) is 11.4. The SMILES string of the molecule is CCCCN(C)C(=O)c1ccc(N2CCNCC2)c(NS(=O)(=O)c2ccc(OC)cc2)c1.O=C(O)C(F)(F)F. The molecule has 0 atom stereocenters. The molecule has 0 spiro atoms. The van der Waals surface area contributed by atoms with Crippen LogP contribution in [0.2, 0.25) is 0 Å². The van der Waals surface area contributed by atoms with E-state index in [9.17, 15) is 26.4 Å². The average molecular weight is 575 g/mol. The zero-order valence-electron chi connectivity index (χ0n) is 21.9. The lowest BCUT2D eigenvalue weighted by Crippen LogP contribution is -2.43. The summed E-state index contributed by atoms with van der Waals surface area (Å²) in [5.41, 5.74) is 1.61. The summed E-state index contributed by atoms with van der Waals surface area (Å²) in [6.07, 6.45) is -3.18. The monoisotopic (exact) mass is 574 g/mol. The number of halogens is 3. The Morgan fingerprint density at radius 2 is 1.72 bits per heavy atom. The van der Waals surface area contributed by atoms with Crippen LogP contribution in [0, 0.1) is 0 Å². The maximum Gasteiger partial charge on any atom is 0.490 e. The van der Waals surface area contributed by atoms with Crippen molar-refractivity contribution in [2.75, 3.05) is 56.5 Å². The highest BCUT2D eigenvalue weighted by Gasteiger charge is 2.38. The molecule has 216 valence electrons. The van der Waals surface area contributed by atoms with E-state index in [1.54, 1.807) is 36.2 Å². The molecule has 1 heterocycles. The second kappa shape index (κ2) is 14.0. The van der Waals surface area contributed by atoms with Crippen molar-refractivity contribution in [1.29, 1.82) is 0 Å². The molecule has 1 amide bonds. The number of methoxy groups -OCH3 is 1. The molecular weight excluding hydrogens is 541 g/mol. The molecule has 3 N–H and O–H groups in total. The molecule has 1 fully saturated rings. The lowest BCUT2D eigenvalue weighted by Gasteiger charge is -2.31. The van der Waals surface area contributed by atoms with Crippen molar-refractivity contribution in [3.05, 3.63) is 48.0 Å². The van der Waals surface area contributed by atoms with Gasteiger partial charge in [0, 0.05) is 45.3 Å². The number of anilines is 2. The number of aliphatic carboxylic acids is 1. The number of alkyl halides is 3. The van der Waals surface area contributed by atoms with Gasteiger partial charge in [0.25, 0.3) is 15.9 Å². The maximum absolute atomic E-state index is 13.1. The summed E-state index contributed by atoms with van der Waals surface area (Å²) in [7, 11) is -0.553. The van der Waals surface area contributed by atoms with Crippen LogP contribution in [0.4, 0.5) is 24.5 Å². The number of unbranched alkanes of at least 4 members (excludes halogenated alkanes) is 1. The average Bonchev–Trinajstić information content (AvgIpc) is 2.91. The minimum atomic E-state index is -5.08. The summed E-state index contributed by atoms with van der Waals surface area (Å²) < 4.78 is 65.8. The van der Waals surface area contributed by atoms with Crippen molar-refractivity contribution in [1.82, 2.24) is 10.2 Å². The summed E-state index contributed by atoms with van der Waals surface area (Å²) in [6, 6.07) is 11.5. The smallest absolute Gasteiger partial charge is 0.490 e. The van der Waals surface area contributed by atoms with E-state index in [1.807, 2.05) is 6.07 Å². The molecule has 0 unspecified atom stereocenters. The number of nitrogens with one attached hydrogen (secondary N) is 2. The molecule has 3 rings (SSSR count). The highest BCUT2D eigenvalue weighted by atomic mass is 32.2. The van der Waals surface area contributed by atoms with Crippen LogP contribution in [0.5, 0.6) is 5.75 Å². The van der Waals surface area contributed by atoms with E-state index < -0.39 is 22.2 Å². The van der Waals surface area contributed by atoms with E-state index in [2.05, 4.69) is 21.9 Å². The van der Waals surface area contributed by atoms with E-state index in [0.29, 0.717) is 23.5 Å². The minimum Gasteiger partial charge on any atom is -0.497 e. The van der Waals surface area contributed by atoms with Gasteiger partial charge in [0.15, 0.2) is 0 Å². The Morgan fingerprint density at radius 3 is 2.23 bits per heavy atom. The normalized spacial score (nSPS) is 13.6. The fraction of sp³-hybridized carbons (Fsp3) is 0.440. The molecule has 1 aliphatic rings. The van der Waals surface area contributed by atoms with Gasteiger partial charge in [-0.3, -0.25) is 9.52 Å². The van der Waals surface area contributed by atoms with E-state index >= 15 is 0 Å². The first kappa shape index (κ1) is 31.7. The second-order valence-corrected chi connectivity index (χ2v) is 10.3. The Balaban J connectivity index is 0.000000673. The largest absolute Gasteiger partial charge is 0.497 e. The van der Waals surface area contributed by atoms with Crippen LogP contribution in [0.1, 0.15) is 30.1 Å². The van der Waals surface area contributed by atoms with Crippen LogP contribution >= 0.6 is 0 Å². The van der Waals surface area contributed by atoms with E-state index in [1.165, 1.54) is 19.2 Å². The number of carbonyl (C=O) groups excluding carboxylic acids is 1. The predicted octanol–water partition coefficient (Wildman–Crippen LogP) is 3.41. The molecule has 0 aliphatic carbocycles. The summed E-state index contributed by atoms with van der Waals surface area (Å²) >= 11 is 0. The number of amides is 1. The van der Waals surface area contributed by atoms with Gasteiger partial charge in [-0.25, -0.2) is 13.2 Å². The number of nitrogens with zero attached hydrogens (tertiary/aromatic N) is 2. The van der Waals surface area contributed by atoms with Crippen LogP contribution in [0.15, 0.2) is 47.4 Å². The minimum absolute atomic E-state index is 0.126. The van der Waals surface area contributed by atoms with Gasteiger partial charge in [-0.05, 0) is 48.9 Å². The number of carboxylic acids is 1. The number of benzene rings is 2. The number of hydrogen-bond donors (Lipinski definition) is 3. The van der Waals surface area contributed by atoms with Gasteiger partial charge in [0.05, 0.1) is 23.4 Å². The fourth-order valence-electron chi connectivity index (χ4n) is 3.61. The van der Waals surface area contributed by atoms with Gasteiger partial charge >= 0.3 is 12.1 Å². The standard InChI is InChI=1S/C23H32N4O4S.C2HF3O2/c1-4-5-14-26(2)23(28)18-6-11-22(27-15-12-24-13-16-27)21(17-18)25-32(29,30)20-9-7-19(31-3)8-10-20;3-2(4,5)1(6)7/h6-11,17,24-25H,4-5,12-16H2,1-3H3;(H,6,7). The van der Waals surface area contributed by atoms with Gasteiger partial charge in [0.2, 0.25) is 0 Å². The van der Waals surface area contributed by atoms with Crippen molar-refractivity contribution in [3.63, 3.8) is 0 Å². The number of piperazine rings is 1. The summed E-state index contributed by atoms with van der Waals surface area (Å²) in [5, 5.41) is 10.4. The van der Waals surface area contributed by atoms with Crippen molar-refractivity contribution in [2.24, 2.45) is 0 Å². The lowest BCUT2D eigenvalue weighted by molar-refractivity contribution is -0.192. The van der Waals surface area contributed by atoms with Gasteiger partial charge in [0.1, 0.15) is 5.75 Å². The number of ether oxygens (including phenoxy) is 1. The number of sulfonamides is 1. The molecule has 39 heavy (non-hydrogen) atoms. The summed E-state index contributed by atoms with van der Waals surface area (Å²) in [4.78, 5) is 25.7. The molecule has 2 aromatic rings. The molecule has 10 nitrogen and oxygen atoms in total. The van der Waals surface area contributed by atoms with Crippen molar-refractivity contribution >= 4 is 33.3 Å². The summed E-state index contributed by atoms with van der Waals surface area (Å²) in [6.45, 7) is 5.85. The highest BCUT2D eigenvalue weighted by molar-refractivity contribution is 7.92. The molecule has 1 saturated heterocycles. The van der Waals surface area contributed by atoms with Gasteiger partial charge in [-0.2, -0.15) is 13.2 Å². The molecule has 0 saturated carbocycles. The molecule has 14 heteroatoms. The molecular formula is C25H33F3N4O6S. The van der Waals surface area contributed by atoms with Gasteiger partial charge < -0.3 is 25.0 Å². The summed E-state index contributed by atoms with van der Waals surface area (Å²) in [5.74, 6) is -2.31. The Labute approximate surface area is 225 Å². The number of hydrogen-bond acceptors (Lipinski definition) is 7. The van der Waals surface area contributed by atoms with Crippen molar-refractivity contribution < 1.29 is 41.0 Å². The van der Waals surface area contributed by atoms with Crippen LogP contribution < -0.4 is 19.7 Å². The van der Waals surface area contributed by atoms with Crippen LogP contribution in [-0.2, 0) is 14.8 Å². The second-order valence-electron chi connectivity index (χ2n) is 8.63. The first-order chi connectivity index (χ1) is 18.3. The Hall–Kier alpha value is -3.52. The zero-order chi connectivity index (χ0) is 29.2. The van der Waals surface area contributed by atoms with Gasteiger partial charge in [-0.15, -0.1) is 0 Å². The third-order valence-corrected chi connectivity index (χ3v) is 7.13. The van der Waals surface area contributed by atoms with E-state index in [4.69, 9.17) is 14.6 Å². The van der Waals surface area contributed by atoms with E-state index in [-0.39, 0.29) is 10.8 Å². The predicted molar refractivity (Wildman–Crippen MR) is 141 cm³/mol. The molecule has 0 radical (unpaired) electrons. The first-order valence-corrected chi connectivity index (χ1v) is 13.6. The number of rotatable bonds is 9. The van der Waals surface area contributed by atoms with E-state index in [0.717, 1.165) is 44.7 Å². The quantitative estimate of drug-likeness (QED) is 0.416. The topological polar surface area (TPSA) is 128 Å². The third kappa shape index (κ3) is 9.32. The van der Waals surface area contributed by atoms with Crippen LogP contribution in [0.3, 0.4) is 0 Å². The molecule has 0 bridgehead atoms. The van der Waals surface area contributed by atoms with Crippen molar-refractivity contribution in [2.45, 2.75) is 30.8 Å². The third-order valence-electron chi connectivity index (χ3n) is 5.75. The maximum atomic E-state index is 13.1.